The second-order valence-corrected chi connectivity index (χ2v) is 5.62. The molecule has 2 N–H and O–H groups in total. The van der Waals surface area contributed by atoms with Crippen LogP contribution in [0.15, 0.2) is 47.1 Å². The lowest BCUT2D eigenvalue weighted by Crippen LogP contribution is -2.30. The third-order valence-electron chi connectivity index (χ3n) is 4.09. The van der Waals surface area contributed by atoms with Crippen molar-refractivity contribution in [1.29, 1.82) is 5.26 Å². The van der Waals surface area contributed by atoms with Gasteiger partial charge in [0.2, 0.25) is 5.88 Å². The molecule has 28 heavy (non-hydrogen) atoms. The van der Waals surface area contributed by atoms with Crippen molar-refractivity contribution in [1.82, 2.24) is 0 Å². The van der Waals surface area contributed by atoms with Crippen molar-refractivity contribution < 1.29 is 33.3 Å². The van der Waals surface area contributed by atoms with Gasteiger partial charge in [-0.1, -0.05) is 12.1 Å². The first-order valence-electron chi connectivity index (χ1n) is 8.01. The zero-order valence-electron chi connectivity index (χ0n) is 15.5. The first-order valence-corrected chi connectivity index (χ1v) is 8.01. The summed E-state index contributed by atoms with van der Waals surface area (Å²) < 4.78 is 19.6. The van der Waals surface area contributed by atoms with Crippen LogP contribution in [0.25, 0.3) is 0 Å². The van der Waals surface area contributed by atoms with Crippen molar-refractivity contribution >= 4 is 17.9 Å². The number of ether oxygens (including phenoxy) is 4. The highest BCUT2D eigenvalue weighted by atomic mass is 16.5. The molecule has 1 aromatic carbocycles. The molecule has 0 aliphatic carbocycles. The Kier molecular flexibility index (Phi) is 6.39. The summed E-state index contributed by atoms with van der Waals surface area (Å²) in [5.41, 5.74) is 6.53. The first kappa shape index (κ1) is 20.5. The summed E-state index contributed by atoms with van der Waals surface area (Å²) in [5.74, 6) is -3.75. The highest BCUT2D eigenvalue weighted by Gasteiger charge is 2.41. The van der Waals surface area contributed by atoms with Crippen LogP contribution in [0, 0.1) is 11.3 Å². The molecular formula is C19H18N2O7. The molecule has 146 valence electrons. The Morgan fingerprint density at radius 2 is 1.61 bits per heavy atom. The summed E-state index contributed by atoms with van der Waals surface area (Å²) in [6.45, 7) is 0. The maximum Gasteiger partial charge on any atom is 0.340 e. The second kappa shape index (κ2) is 8.73. The molecule has 0 spiro atoms. The van der Waals surface area contributed by atoms with Gasteiger partial charge in [-0.3, -0.25) is 4.79 Å². The standard InChI is InChI=1S/C19H18N2O7/c1-25-13(22)8-12-15(18(23)26-2)14(11-6-4-10(9-20)5-7-11)16(17(21)28-12)19(24)27-3/h4-7,14H,8,21H2,1-3H3. The summed E-state index contributed by atoms with van der Waals surface area (Å²) in [5, 5.41) is 9.00. The molecular weight excluding hydrogens is 368 g/mol. The predicted molar refractivity (Wildman–Crippen MR) is 93.9 cm³/mol. The Balaban J connectivity index is 2.73. The minimum absolute atomic E-state index is 0.0905. The molecule has 0 fully saturated rings. The molecule has 9 nitrogen and oxygen atoms in total. The van der Waals surface area contributed by atoms with Gasteiger partial charge in [-0.05, 0) is 17.7 Å². The van der Waals surface area contributed by atoms with Crippen LogP contribution in [-0.4, -0.2) is 39.2 Å². The first-order chi connectivity index (χ1) is 13.4. The van der Waals surface area contributed by atoms with E-state index in [9.17, 15) is 14.4 Å². The number of carbonyl (C=O) groups excluding carboxylic acids is 3. The molecule has 0 aromatic heterocycles. The Hall–Kier alpha value is -3.80. The number of hydrogen-bond acceptors (Lipinski definition) is 9. The average molecular weight is 386 g/mol. The third-order valence-corrected chi connectivity index (χ3v) is 4.09. The molecule has 9 heteroatoms. The molecule has 1 aliphatic rings. The Morgan fingerprint density at radius 1 is 1.04 bits per heavy atom. The van der Waals surface area contributed by atoms with Crippen LogP contribution in [0.4, 0.5) is 0 Å². The van der Waals surface area contributed by atoms with Gasteiger partial charge in [0.05, 0.1) is 44.5 Å². The topological polar surface area (TPSA) is 138 Å². The van der Waals surface area contributed by atoms with Gasteiger partial charge in [0.25, 0.3) is 0 Å². The summed E-state index contributed by atoms with van der Waals surface area (Å²) in [6.07, 6.45) is -0.400. The normalized spacial score (nSPS) is 16.0. The molecule has 0 radical (unpaired) electrons. The van der Waals surface area contributed by atoms with Gasteiger partial charge in [-0.2, -0.15) is 5.26 Å². The van der Waals surface area contributed by atoms with Crippen LogP contribution >= 0.6 is 0 Å². The predicted octanol–water partition coefficient (Wildman–Crippen LogP) is 1.01. The van der Waals surface area contributed by atoms with Crippen molar-refractivity contribution in [2.45, 2.75) is 12.3 Å². The maximum absolute atomic E-state index is 12.5. The number of carbonyl (C=O) groups is 3. The number of nitriles is 1. The van der Waals surface area contributed by atoms with E-state index < -0.39 is 30.2 Å². The molecule has 0 saturated carbocycles. The lowest BCUT2D eigenvalue weighted by molar-refractivity contribution is -0.140. The quantitative estimate of drug-likeness (QED) is 0.580. The van der Waals surface area contributed by atoms with Crippen LogP contribution in [0.5, 0.6) is 0 Å². The highest BCUT2D eigenvalue weighted by molar-refractivity contribution is 5.99. The van der Waals surface area contributed by atoms with Crippen molar-refractivity contribution in [2.75, 3.05) is 21.3 Å². The van der Waals surface area contributed by atoms with Gasteiger partial charge >= 0.3 is 17.9 Å². The molecule has 2 rings (SSSR count). The molecule has 1 aromatic rings. The molecule has 1 unspecified atom stereocenters. The van der Waals surface area contributed by atoms with Crippen LogP contribution in [-0.2, 0) is 33.3 Å². The van der Waals surface area contributed by atoms with Crippen molar-refractivity contribution in [2.24, 2.45) is 5.73 Å². The monoisotopic (exact) mass is 386 g/mol. The molecule has 0 saturated heterocycles. The van der Waals surface area contributed by atoms with E-state index >= 15 is 0 Å². The zero-order chi connectivity index (χ0) is 20.8. The number of nitrogens with two attached hydrogens (primary N) is 1. The van der Waals surface area contributed by atoms with Crippen LogP contribution in [0.2, 0.25) is 0 Å². The van der Waals surface area contributed by atoms with Crippen molar-refractivity contribution in [3.8, 4) is 6.07 Å². The van der Waals surface area contributed by atoms with E-state index in [4.69, 9.17) is 25.2 Å². The molecule has 1 heterocycles. The minimum atomic E-state index is -1.03. The summed E-state index contributed by atoms with van der Waals surface area (Å²) in [7, 11) is 3.49. The van der Waals surface area contributed by atoms with Crippen LogP contribution < -0.4 is 5.73 Å². The van der Waals surface area contributed by atoms with Gasteiger partial charge in [0, 0.05) is 0 Å². The van der Waals surface area contributed by atoms with E-state index in [2.05, 4.69) is 4.74 Å². The fourth-order valence-electron chi connectivity index (χ4n) is 2.78. The zero-order valence-corrected chi connectivity index (χ0v) is 15.5. The number of benzene rings is 1. The second-order valence-electron chi connectivity index (χ2n) is 5.62. The van der Waals surface area contributed by atoms with E-state index in [0.717, 1.165) is 14.2 Å². The fourth-order valence-corrected chi connectivity index (χ4v) is 2.78. The molecule has 1 atom stereocenters. The molecule has 0 amide bonds. The van der Waals surface area contributed by atoms with E-state index in [1.54, 1.807) is 12.1 Å². The SMILES string of the molecule is COC(=O)CC1=C(C(=O)OC)C(c2ccc(C#N)cc2)C(C(=O)OC)=C(N)O1. The number of rotatable bonds is 5. The number of hydrogen-bond donors (Lipinski definition) is 1. The van der Waals surface area contributed by atoms with Crippen LogP contribution in [0.1, 0.15) is 23.5 Å². The van der Waals surface area contributed by atoms with Gasteiger partial charge < -0.3 is 24.7 Å². The van der Waals surface area contributed by atoms with E-state index in [1.807, 2.05) is 6.07 Å². The Morgan fingerprint density at radius 3 is 2.11 bits per heavy atom. The smallest absolute Gasteiger partial charge is 0.340 e. The van der Waals surface area contributed by atoms with Crippen molar-refractivity contribution in [3.05, 3.63) is 58.2 Å². The van der Waals surface area contributed by atoms with Gasteiger partial charge in [0.1, 0.15) is 17.8 Å². The molecule has 0 bridgehead atoms. The lowest BCUT2D eigenvalue weighted by Gasteiger charge is -2.29. The van der Waals surface area contributed by atoms with E-state index in [-0.39, 0.29) is 22.8 Å². The number of methoxy groups -OCH3 is 3. The minimum Gasteiger partial charge on any atom is -0.469 e. The number of esters is 3. The highest BCUT2D eigenvalue weighted by Crippen LogP contribution is 2.41. The van der Waals surface area contributed by atoms with Crippen molar-refractivity contribution in [3.63, 3.8) is 0 Å². The van der Waals surface area contributed by atoms with Gasteiger partial charge in [-0.25, -0.2) is 9.59 Å². The third kappa shape index (κ3) is 3.96. The fraction of sp³-hybridized carbons (Fsp3) is 0.263. The lowest BCUT2D eigenvalue weighted by atomic mass is 9.81. The van der Waals surface area contributed by atoms with Crippen LogP contribution in [0.3, 0.4) is 0 Å². The average Bonchev–Trinajstić information content (AvgIpc) is 2.72. The largest absolute Gasteiger partial charge is 0.469 e. The Labute approximate surface area is 160 Å². The summed E-state index contributed by atoms with van der Waals surface area (Å²) in [6, 6.07) is 8.14. The summed E-state index contributed by atoms with van der Waals surface area (Å²) >= 11 is 0. The Bertz CT molecular complexity index is 907. The van der Waals surface area contributed by atoms with Gasteiger partial charge in [0.15, 0.2) is 0 Å². The molecule has 1 aliphatic heterocycles. The van der Waals surface area contributed by atoms with E-state index in [0.29, 0.717) is 11.1 Å². The summed E-state index contributed by atoms with van der Waals surface area (Å²) in [4.78, 5) is 36.7. The van der Waals surface area contributed by atoms with Gasteiger partial charge in [-0.15, -0.1) is 0 Å². The maximum atomic E-state index is 12.5. The van der Waals surface area contributed by atoms with E-state index in [1.165, 1.54) is 19.2 Å². The number of nitrogens with zero attached hydrogens (tertiary/aromatic N) is 1.